The van der Waals surface area contributed by atoms with Gasteiger partial charge in [0.25, 0.3) is 0 Å². The Hall–Kier alpha value is -1.56. The largest absolute Gasteiger partial charge is 0.0654 e. The summed E-state index contributed by atoms with van der Waals surface area (Å²) in [5.74, 6) is 2.62. The van der Waals surface area contributed by atoms with Crippen molar-refractivity contribution < 1.29 is 0 Å². The number of hydrogen-bond donors (Lipinski definition) is 0. The molecule has 0 aromatic heterocycles. The van der Waals surface area contributed by atoms with Gasteiger partial charge >= 0.3 is 0 Å². The van der Waals surface area contributed by atoms with E-state index in [1.54, 1.807) is 22.3 Å². The van der Waals surface area contributed by atoms with Gasteiger partial charge in [0.2, 0.25) is 0 Å². The van der Waals surface area contributed by atoms with E-state index in [0.29, 0.717) is 0 Å². The number of rotatable bonds is 12. The molecule has 176 valence electrons. The molecule has 1 aliphatic rings. The highest BCUT2D eigenvalue weighted by atomic mass is 14.3. The van der Waals surface area contributed by atoms with Crippen molar-refractivity contribution in [2.75, 3.05) is 0 Å². The van der Waals surface area contributed by atoms with Gasteiger partial charge in [-0.25, -0.2) is 0 Å². The van der Waals surface area contributed by atoms with Crippen LogP contribution in [-0.2, 0) is 19.3 Å². The highest BCUT2D eigenvalue weighted by Gasteiger charge is 2.22. The molecule has 32 heavy (non-hydrogen) atoms. The summed E-state index contributed by atoms with van der Waals surface area (Å²) in [5.41, 5.74) is 7.77. The minimum Gasteiger partial charge on any atom is -0.0654 e. The van der Waals surface area contributed by atoms with Gasteiger partial charge in [-0.05, 0) is 104 Å². The maximum Gasteiger partial charge on any atom is -0.0162 e. The summed E-state index contributed by atoms with van der Waals surface area (Å²) >= 11 is 0. The predicted molar refractivity (Wildman–Crippen MR) is 142 cm³/mol. The Morgan fingerprint density at radius 3 is 2.16 bits per heavy atom. The first-order chi connectivity index (χ1) is 15.6. The number of aryl methyl sites for hydroxylation is 4. The van der Waals surface area contributed by atoms with Crippen molar-refractivity contribution in [3.8, 4) is 0 Å². The lowest BCUT2D eigenvalue weighted by molar-refractivity contribution is 0.302. The predicted octanol–water partition coefficient (Wildman–Crippen LogP) is 9.61. The lowest BCUT2D eigenvalue weighted by Gasteiger charge is -2.29. The fourth-order valence-electron chi connectivity index (χ4n) is 5.64. The maximum absolute atomic E-state index is 2.52. The second kappa shape index (κ2) is 13.2. The van der Waals surface area contributed by atoms with Crippen LogP contribution in [0, 0.1) is 18.8 Å². The number of hydrogen-bond acceptors (Lipinski definition) is 0. The van der Waals surface area contributed by atoms with Gasteiger partial charge in [-0.1, -0.05) is 95.3 Å². The minimum atomic E-state index is 0.798. The molecule has 3 rings (SSSR count). The molecular weight excluding hydrogens is 384 g/mol. The van der Waals surface area contributed by atoms with E-state index in [9.17, 15) is 0 Å². The van der Waals surface area contributed by atoms with E-state index in [4.69, 9.17) is 0 Å². The number of benzene rings is 2. The Morgan fingerprint density at radius 1 is 0.812 bits per heavy atom. The summed E-state index contributed by atoms with van der Waals surface area (Å²) in [6.07, 6.45) is 17.5. The molecule has 1 fully saturated rings. The highest BCUT2D eigenvalue weighted by molar-refractivity contribution is 5.35. The van der Waals surface area contributed by atoms with Crippen LogP contribution < -0.4 is 0 Å². The van der Waals surface area contributed by atoms with E-state index in [2.05, 4.69) is 70.2 Å². The zero-order chi connectivity index (χ0) is 22.8. The van der Waals surface area contributed by atoms with Gasteiger partial charge in [-0.3, -0.25) is 0 Å². The van der Waals surface area contributed by atoms with Gasteiger partial charge in [0.1, 0.15) is 0 Å². The van der Waals surface area contributed by atoms with E-state index in [-0.39, 0.29) is 0 Å². The van der Waals surface area contributed by atoms with Gasteiger partial charge in [0, 0.05) is 0 Å². The summed E-state index contributed by atoms with van der Waals surface area (Å²) in [5, 5.41) is 0. The first-order valence-electron chi connectivity index (χ1n) is 13.8. The van der Waals surface area contributed by atoms with E-state index >= 15 is 0 Å². The van der Waals surface area contributed by atoms with E-state index in [1.165, 1.54) is 82.6 Å². The lowest BCUT2D eigenvalue weighted by Crippen LogP contribution is -2.13. The van der Waals surface area contributed by atoms with Crippen LogP contribution in [0.2, 0.25) is 0 Å². The van der Waals surface area contributed by atoms with Crippen molar-refractivity contribution in [1.82, 2.24) is 0 Å². The van der Waals surface area contributed by atoms with Crippen molar-refractivity contribution in [2.24, 2.45) is 11.8 Å². The van der Waals surface area contributed by atoms with Crippen molar-refractivity contribution >= 4 is 0 Å². The van der Waals surface area contributed by atoms with E-state index in [1.807, 2.05) is 0 Å². The van der Waals surface area contributed by atoms with Crippen molar-refractivity contribution in [3.63, 3.8) is 0 Å². The summed E-state index contributed by atoms with van der Waals surface area (Å²) in [7, 11) is 0. The Morgan fingerprint density at radius 2 is 1.50 bits per heavy atom. The third-order valence-corrected chi connectivity index (χ3v) is 8.29. The molecule has 0 saturated heterocycles. The van der Waals surface area contributed by atoms with Gasteiger partial charge in [0.15, 0.2) is 0 Å². The Bertz CT molecular complexity index is 793. The maximum atomic E-state index is 2.52. The molecule has 0 bridgehead atoms. The zero-order valence-electron chi connectivity index (χ0n) is 21.5. The number of unbranched alkanes of at least 4 members (excludes halogenated alkanes) is 2. The monoisotopic (exact) mass is 432 g/mol. The van der Waals surface area contributed by atoms with E-state index in [0.717, 1.165) is 24.2 Å². The third kappa shape index (κ3) is 7.50. The molecular formula is C32H48. The molecule has 1 atom stereocenters. The van der Waals surface area contributed by atoms with Crippen LogP contribution in [0.25, 0.3) is 0 Å². The Balaban J connectivity index is 1.53. The minimum absolute atomic E-state index is 0.798. The Labute approximate surface area is 199 Å². The molecule has 0 amide bonds. The molecule has 1 saturated carbocycles. The molecule has 1 aliphatic carbocycles. The molecule has 0 radical (unpaired) electrons. The average molecular weight is 433 g/mol. The second-order valence-corrected chi connectivity index (χ2v) is 10.7. The molecule has 0 spiro atoms. The molecule has 0 heterocycles. The topological polar surface area (TPSA) is 0 Å². The fourth-order valence-corrected chi connectivity index (χ4v) is 5.64. The van der Waals surface area contributed by atoms with Crippen LogP contribution in [-0.4, -0.2) is 0 Å². The van der Waals surface area contributed by atoms with Crippen LogP contribution >= 0.6 is 0 Å². The highest BCUT2D eigenvalue weighted by Crippen LogP contribution is 2.38. The second-order valence-electron chi connectivity index (χ2n) is 10.7. The molecule has 0 heteroatoms. The first-order valence-corrected chi connectivity index (χ1v) is 13.8. The van der Waals surface area contributed by atoms with Crippen molar-refractivity contribution in [2.45, 2.75) is 117 Å². The van der Waals surface area contributed by atoms with Crippen LogP contribution in [0.1, 0.15) is 119 Å². The molecule has 2 aromatic carbocycles. The molecule has 1 unspecified atom stereocenters. The zero-order valence-corrected chi connectivity index (χ0v) is 21.5. The Kier molecular flexibility index (Phi) is 10.4. The average Bonchev–Trinajstić information content (AvgIpc) is 2.83. The molecule has 2 aromatic rings. The summed E-state index contributed by atoms with van der Waals surface area (Å²) in [6, 6.07) is 16.6. The normalized spacial score (nSPS) is 19.8. The van der Waals surface area contributed by atoms with Crippen LogP contribution in [0.15, 0.2) is 42.5 Å². The summed E-state index contributed by atoms with van der Waals surface area (Å²) in [6.45, 7) is 9.34. The quantitative estimate of drug-likeness (QED) is 0.293. The van der Waals surface area contributed by atoms with Crippen molar-refractivity contribution in [3.05, 3.63) is 70.3 Å². The van der Waals surface area contributed by atoms with Crippen LogP contribution in [0.4, 0.5) is 0 Å². The summed E-state index contributed by atoms with van der Waals surface area (Å²) in [4.78, 5) is 0. The van der Waals surface area contributed by atoms with Crippen LogP contribution in [0.5, 0.6) is 0 Å². The first kappa shape index (κ1) is 25.1. The molecule has 0 aliphatic heterocycles. The van der Waals surface area contributed by atoms with E-state index < -0.39 is 0 Å². The van der Waals surface area contributed by atoms with Gasteiger partial charge in [-0.15, -0.1) is 0 Å². The van der Waals surface area contributed by atoms with Gasteiger partial charge in [-0.2, -0.15) is 0 Å². The summed E-state index contributed by atoms with van der Waals surface area (Å²) < 4.78 is 0. The lowest BCUT2D eigenvalue weighted by atomic mass is 9.76. The van der Waals surface area contributed by atoms with Crippen LogP contribution in [0.3, 0.4) is 0 Å². The smallest absolute Gasteiger partial charge is 0.0162 e. The van der Waals surface area contributed by atoms with Crippen molar-refractivity contribution in [1.29, 1.82) is 0 Å². The molecule has 0 N–H and O–H groups in total. The third-order valence-electron chi connectivity index (χ3n) is 8.29. The standard InChI is InChI=1S/C32H48/c1-5-7-8-11-27-15-18-31(19-16-27)32-23-21-28(26(4)24-32)20-22-30-13-10-9-12-29(30)17-14-25(3)6-2/h9-10,12-13,21,23-25,27,31H,5-8,11,14-20,22H2,1-4H3/t25?,27-,31-. The fraction of sp³-hybridized carbons (Fsp3) is 0.625. The van der Waals surface area contributed by atoms with Gasteiger partial charge < -0.3 is 0 Å². The molecule has 0 nitrogen and oxygen atoms in total. The van der Waals surface area contributed by atoms with Gasteiger partial charge in [0.05, 0.1) is 0 Å². The SMILES string of the molecule is CCCCC[C@H]1CC[C@H](c2ccc(CCc3ccccc3CCC(C)CC)c(C)c2)CC1.